The lowest BCUT2D eigenvalue weighted by molar-refractivity contribution is 0.100. The van der Waals surface area contributed by atoms with E-state index in [1.807, 2.05) is 0 Å². The molecule has 0 atom stereocenters. The summed E-state index contributed by atoms with van der Waals surface area (Å²) in [5.41, 5.74) is 1.14. The van der Waals surface area contributed by atoms with Crippen LogP contribution in [0.2, 0.25) is 0 Å². The van der Waals surface area contributed by atoms with E-state index in [1.165, 1.54) is 43.6 Å². The Morgan fingerprint density at radius 2 is 1.79 bits per heavy atom. The number of fused-ring (bicyclic) bond motifs is 1. The fourth-order valence-corrected chi connectivity index (χ4v) is 4.60. The maximum absolute atomic E-state index is 13.1. The Balaban J connectivity index is 1.87. The molecule has 8 heteroatoms. The summed E-state index contributed by atoms with van der Waals surface area (Å²) in [5.74, 6) is -1.68. The third-order valence-corrected chi connectivity index (χ3v) is 6.54. The van der Waals surface area contributed by atoms with Crippen LogP contribution in [0.15, 0.2) is 77.5 Å². The van der Waals surface area contributed by atoms with Crippen LogP contribution >= 0.6 is 0 Å². The number of carbonyl (C=O) groups excluding carboxylic acids is 1. The highest BCUT2D eigenvalue weighted by Gasteiger charge is 2.39. The summed E-state index contributed by atoms with van der Waals surface area (Å²) in [7, 11) is -2.76. The first-order valence-electron chi connectivity index (χ1n) is 8.59. The monoisotopic (exact) mass is 410 g/mol. The van der Waals surface area contributed by atoms with Gasteiger partial charge in [-0.05, 0) is 35.9 Å². The second kappa shape index (κ2) is 6.82. The molecule has 29 heavy (non-hydrogen) atoms. The van der Waals surface area contributed by atoms with Gasteiger partial charge < -0.3 is 5.11 Å². The van der Waals surface area contributed by atoms with Crippen molar-refractivity contribution in [2.24, 2.45) is 0 Å². The number of Topliss-reactive ketones (excluding diaryl/α,β-unsaturated/α-hetero) is 1. The van der Waals surface area contributed by atoms with Crippen molar-refractivity contribution in [1.82, 2.24) is 9.29 Å². The molecule has 2 aromatic carbocycles. The number of ketones is 1. The summed E-state index contributed by atoms with van der Waals surface area (Å²) in [4.78, 5) is 16.4. The summed E-state index contributed by atoms with van der Waals surface area (Å²) in [6.45, 7) is 0. The van der Waals surface area contributed by atoms with Gasteiger partial charge >= 0.3 is 0 Å². The predicted octanol–water partition coefficient (Wildman–Crippen LogP) is 3.63. The standard InChI is InChI=1S/C21H15FN2O4S/c1-24-19(21(26)16-7-2-3-8-17(16)29(24,27)28)20(25)14-6-4-5-13(11-14)15-9-10-18(22)23-12-15/h2-12,25H,1H3. The van der Waals surface area contributed by atoms with Crippen LogP contribution in [0.3, 0.4) is 0 Å². The zero-order chi connectivity index (χ0) is 20.8. The Bertz CT molecular complexity index is 1270. The van der Waals surface area contributed by atoms with Crippen LogP contribution in [0.1, 0.15) is 15.9 Å². The molecule has 0 radical (unpaired) electrons. The second-order valence-corrected chi connectivity index (χ2v) is 8.38. The molecule has 2 heterocycles. The number of halogens is 1. The molecule has 1 aromatic heterocycles. The van der Waals surface area contributed by atoms with Gasteiger partial charge in [0.2, 0.25) is 11.7 Å². The average molecular weight is 410 g/mol. The smallest absolute Gasteiger partial charge is 0.265 e. The second-order valence-electron chi connectivity index (χ2n) is 6.45. The number of hydrogen-bond acceptors (Lipinski definition) is 5. The number of pyridine rings is 1. The van der Waals surface area contributed by atoms with Crippen molar-refractivity contribution in [3.8, 4) is 11.1 Å². The van der Waals surface area contributed by atoms with E-state index < -0.39 is 27.5 Å². The van der Waals surface area contributed by atoms with Crippen molar-refractivity contribution in [2.75, 3.05) is 7.05 Å². The Hall–Kier alpha value is -3.52. The van der Waals surface area contributed by atoms with E-state index in [0.29, 0.717) is 11.1 Å². The molecule has 0 bridgehead atoms. The van der Waals surface area contributed by atoms with Crippen molar-refractivity contribution in [3.05, 3.63) is 89.6 Å². The summed E-state index contributed by atoms with van der Waals surface area (Å²) >= 11 is 0. The lowest BCUT2D eigenvalue weighted by Gasteiger charge is -2.28. The van der Waals surface area contributed by atoms with E-state index in [0.717, 1.165) is 4.31 Å². The largest absolute Gasteiger partial charge is 0.505 e. The Labute approximate surface area is 166 Å². The number of rotatable bonds is 2. The first-order chi connectivity index (χ1) is 13.8. The molecule has 0 fully saturated rings. The van der Waals surface area contributed by atoms with E-state index in [9.17, 15) is 22.7 Å². The lowest BCUT2D eigenvalue weighted by Crippen LogP contribution is -2.37. The van der Waals surface area contributed by atoms with Crippen LogP contribution in [0.5, 0.6) is 0 Å². The van der Waals surface area contributed by atoms with Gasteiger partial charge in [0.25, 0.3) is 10.0 Å². The average Bonchev–Trinajstić information content (AvgIpc) is 2.73. The van der Waals surface area contributed by atoms with E-state index in [2.05, 4.69) is 4.98 Å². The number of aliphatic hydroxyl groups excluding tert-OH is 1. The van der Waals surface area contributed by atoms with Crippen LogP contribution in [-0.2, 0) is 10.0 Å². The Kier molecular flexibility index (Phi) is 4.43. The molecule has 4 rings (SSSR count). The van der Waals surface area contributed by atoms with Gasteiger partial charge in [-0.1, -0.05) is 30.3 Å². The molecule has 0 amide bonds. The van der Waals surface area contributed by atoms with Gasteiger partial charge in [0.1, 0.15) is 5.70 Å². The van der Waals surface area contributed by atoms with Crippen molar-refractivity contribution in [3.63, 3.8) is 0 Å². The minimum absolute atomic E-state index is 0.00559. The molecule has 1 aliphatic heterocycles. The third-order valence-electron chi connectivity index (χ3n) is 4.72. The highest BCUT2D eigenvalue weighted by molar-refractivity contribution is 7.89. The van der Waals surface area contributed by atoms with Gasteiger partial charge in [0.15, 0.2) is 5.76 Å². The van der Waals surface area contributed by atoms with E-state index in [1.54, 1.807) is 30.3 Å². The lowest BCUT2D eigenvalue weighted by atomic mass is 10.0. The quantitative estimate of drug-likeness (QED) is 0.396. The van der Waals surface area contributed by atoms with Crippen LogP contribution in [-0.4, -0.2) is 35.6 Å². The normalized spacial score (nSPS) is 17.0. The van der Waals surface area contributed by atoms with Crippen LogP contribution in [0, 0.1) is 5.95 Å². The predicted molar refractivity (Wildman–Crippen MR) is 105 cm³/mol. The molecule has 0 saturated carbocycles. The van der Waals surface area contributed by atoms with Crippen molar-refractivity contribution in [1.29, 1.82) is 0 Å². The summed E-state index contributed by atoms with van der Waals surface area (Å²) < 4.78 is 39.5. The molecule has 1 N–H and O–H groups in total. The maximum Gasteiger partial charge on any atom is 0.265 e. The summed E-state index contributed by atoms with van der Waals surface area (Å²) in [6, 6.07) is 15.1. The third kappa shape index (κ3) is 3.07. The number of aliphatic hydroxyl groups is 1. The van der Waals surface area contributed by atoms with Gasteiger partial charge in [-0.3, -0.25) is 9.10 Å². The highest BCUT2D eigenvalue weighted by atomic mass is 32.2. The minimum atomic E-state index is -3.98. The van der Waals surface area contributed by atoms with Crippen molar-refractivity contribution in [2.45, 2.75) is 4.90 Å². The molecule has 6 nitrogen and oxygen atoms in total. The minimum Gasteiger partial charge on any atom is -0.505 e. The van der Waals surface area contributed by atoms with Crippen LogP contribution in [0.25, 0.3) is 16.9 Å². The summed E-state index contributed by atoms with van der Waals surface area (Å²) in [6.07, 6.45) is 1.34. The molecule has 0 aliphatic carbocycles. The van der Waals surface area contributed by atoms with Gasteiger partial charge in [0, 0.05) is 29.9 Å². The molecule has 0 spiro atoms. The molecule has 146 valence electrons. The Morgan fingerprint density at radius 3 is 2.52 bits per heavy atom. The van der Waals surface area contributed by atoms with E-state index in [-0.39, 0.29) is 21.7 Å². The van der Waals surface area contributed by atoms with Crippen molar-refractivity contribution < 1.29 is 22.7 Å². The molecule has 3 aromatic rings. The molecular formula is C21H15FN2O4S. The number of benzene rings is 2. The number of allylic oxidation sites excluding steroid dienone is 1. The molecule has 0 unspecified atom stereocenters. The SMILES string of the molecule is CN1C(=C(O)c2cccc(-c3ccc(F)nc3)c2)C(=O)c2ccccc2S1(=O)=O. The van der Waals surface area contributed by atoms with Gasteiger partial charge in [-0.2, -0.15) is 4.39 Å². The summed E-state index contributed by atoms with van der Waals surface area (Å²) in [5, 5.41) is 10.8. The molecule has 0 saturated heterocycles. The number of hydrogen-bond donors (Lipinski definition) is 1. The number of sulfonamides is 1. The molecule has 1 aliphatic rings. The van der Waals surface area contributed by atoms with Gasteiger partial charge in [-0.25, -0.2) is 13.4 Å². The zero-order valence-electron chi connectivity index (χ0n) is 15.2. The fraction of sp³-hybridized carbons (Fsp3) is 0.0476. The first kappa shape index (κ1) is 18.8. The molecular weight excluding hydrogens is 395 g/mol. The Morgan fingerprint density at radius 1 is 1.03 bits per heavy atom. The number of aromatic nitrogens is 1. The highest BCUT2D eigenvalue weighted by Crippen LogP contribution is 2.34. The zero-order valence-corrected chi connectivity index (χ0v) is 16.0. The number of nitrogens with zero attached hydrogens (tertiary/aromatic N) is 2. The fourth-order valence-electron chi connectivity index (χ4n) is 3.20. The van der Waals surface area contributed by atoms with Crippen LogP contribution in [0.4, 0.5) is 4.39 Å². The number of carbonyl (C=O) groups is 1. The van der Waals surface area contributed by atoms with E-state index in [4.69, 9.17) is 0 Å². The van der Waals surface area contributed by atoms with Gasteiger partial charge in [-0.15, -0.1) is 0 Å². The van der Waals surface area contributed by atoms with E-state index >= 15 is 0 Å². The topological polar surface area (TPSA) is 87.6 Å². The van der Waals surface area contributed by atoms with Gasteiger partial charge in [0.05, 0.1) is 4.90 Å². The number of likely N-dealkylation sites (N-methyl/N-ethyl adjacent to an activating group) is 1. The first-order valence-corrected chi connectivity index (χ1v) is 10.0. The van der Waals surface area contributed by atoms with Crippen molar-refractivity contribution >= 4 is 21.6 Å². The maximum atomic E-state index is 13.1. The van der Waals surface area contributed by atoms with Crippen LogP contribution < -0.4 is 0 Å².